The molecule has 4 heteroatoms. The molecular formula is C17H24ClN3+2. The van der Waals surface area contributed by atoms with Crippen LogP contribution in [0.15, 0.2) is 48.7 Å². The van der Waals surface area contributed by atoms with Crippen LogP contribution in [0, 0.1) is 0 Å². The van der Waals surface area contributed by atoms with Gasteiger partial charge < -0.3 is 4.48 Å². The van der Waals surface area contributed by atoms with Gasteiger partial charge in [0.2, 0.25) is 0 Å². The van der Waals surface area contributed by atoms with Gasteiger partial charge in [0.05, 0.1) is 27.3 Å². The third-order valence-corrected chi connectivity index (χ3v) is 3.61. The number of anilines is 1. The number of H-pyrrole nitrogens is 1. The van der Waals surface area contributed by atoms with Gasteiger partial charge in [-0.3, -0.25) is 4.90 Å². The fourth-order valence-electron chi connectivity index (χ4n) is 2.10. The van der Waals surface area contributed by atoms with Gasteiger partial charge in [0, 0.05) is 11.1 Å². The topological polar surface area (TPSA) is 17.4 Å². The van der Waals surface area contributed by atoms with Crippen molar-refractivity contribution < 1.29 is 9.47 Å². The number of aromatic nitrogens is 1. The smallest absolute Gasteiger partial charge is 0.274 e. The lowest BCUT2D eigenvalue weighted by Gasteiger charge is -2.26. The van der Waals surface area contributed by atoms with E-state index in [0.717, 1.165) is 35.0 Å². The summed E-state index contributed by atoms with van der Waals surface area (Å²) in [5.41, 5.74) is 1.26. The number of nitrogens with zero attached hydrogens (tertiary/aromatic N) is 2. The molecule has 0 saturated carbocycles. The van der Waals surface area contributed by atoms with Crippen LogP contribution in [0.2, 0.25) is 5.02 Å². The molecule has 0 spiro atoms. The summed E-state index contributed by atoms with van der Waals surface area (Å²) in [7, 11) is 6.65. The Labute approximate surface area is 132 Å². The van der Waals surface area contributed by atoms with Gasteiger partial charge in [0.1, 0.15) is 19.6 Å². The SMILES string of the molecule is C[N+](C)(C)CCN(Cc1ccc(Cl)cc1)c1cccc[nH+]1. The molecule has 0 unspecified atom stereocenters. The average molecular weight is 306 g/mol. The third-order valence-electron chi connectivity index (χ3n) is 3.36. The molecule has 1 N–H and O–H groups in total. The highest BCUT2D eigenvalue weighted by Gasteiger charge is 2.19. The molecule has 0 saturated heterocycles. The molecule has 0 amide bonds. The van der Waals surface area contributed by atoms with E-state index in [1.165, 1.54) is 5.56 Å². The maximum atomic E-state index is 5.96. The standard InChI is InChI=1S/C17H23ClN3/c1-21(2,3)13-12-20(17-6-4-5-11-19-17)14-15-7-9-16(18)10-8-15/h4-11H,12-14H2,1-3H3/q+1/p+1. The van der Waals surface area contributed by atoms with E-state index in [2.05, 4.69) is 55.3 Å². The quantitative estimate of drug-likeness (QED) is 0.750. The maximum absolute atomic E-state index is 5.96. The summed E-state index contributed by atoms with van der Waals surface area (Å²) in [6.45, 7) is 2.95. The van der Waals surface area contributed by atoms with Crippen molar-refractivity contribution in [1.29, 1.82) is 0 Å². The number of hydrogen-bond acceptors (Lipinski definition) is 1. The van der Waals surface area contributed by atoms with Gasteiger partial charge >= 0.3 is 0 Å². The van der Waals surface area contributed by atoms with Crippen molar-refractivity contribution in [3.8, 4) is 0 Å². The van der Waals surface area contributed by atoms with Crippen LogP contribution in [0.5, 0.6) is 0 Å². The molecule has 1 aromatic heterocycles. The van der Waals surface area contributed by atoms with Crippen molar-refractivity contribution in [1.82, 2.24) is 0 Å². The molecule has 0 aliphatic carbocycles. The van der Waals surface area contributed by atoms with Gasteiger partial charge in [-0.25, -0.2) is 4.98 Å². The van der Waals surface area contributed by atoms with E-state index in [1.807, 2.05) is 24.4 Å². The van der Waals surface area contributed by atoms with Gasteiger partial charge in [-0.15, -0.1) is 0 Å². The van der Waals surface area contributed by atoms with E-state index < -0.39 is 0 Å². The molecular weight excluding hydrogens is 282 g/mol. The zero-order valence-electron chi connectivity index (χ0n) is 13.0. The molecule has 3 nitrogen and oxygen atoms in total. The molecule has 0 radical (unpaired) electrons. The summed E-state index contributed by atoms with van der Waals surface area (Å²) in [4.78, 5) is 5.70. The van der Waals surface area contributed by atoms with Gasteiger partial charge in [0.15, 0.2) is 0 Å². The van der Waals surface area contributed by atoms with Gasteiger partial charge in [-0.2, -0.15) is 0 Å². The van der Waals surface area contributed by atoms with Crippen molar-refractivity contribution in [2.24, 2.45) is 0 Å². The van der Waals surface area contributed by atoms with Crippen molar-refractivity contribution in [3.63, 3.8) is 0 Å². The number of aromatic amines is 1. The predicted octanol–water partition coefficient (Wildman–Crippen LogP) is 2.87. The van der Waals surface area contributed by atoms with Gasteiger partial charge in [-0.1, -0.05) is 29.8 Å². The normalized spacial score (nSPS) is 11.4. The Morgan fingerprint density at radius 3 is 2.33 bits per heavy atom. The summed E-state index contributed by atoms with van der Waals surface area (Å²) < 4.78 is 0.948. The first-order valence-electron chi connectivity index (χ1n) is 7.21. The zero-order valence-corrected chi connectivity index (χ0v) is 13.8. The van der Waals surface area contributed by atoms with Crippen LogP contribution >= 0.6 is 11.6 Å². The van der Waals surface area contributed by atoms with E-state index in [0.29, 0.717) is 0 Å². The number of benzene rings is 1. The Hall–Kier alpha value is -1.58. The summed E-state index contributed by atoms with van der Waals surface area (Å²) in [5, 5.41) is 0.780. The third kappa shape index (κ3) is 5.37. The lowest BCUT2D eigenvalue weighted by molar-refractivity contribution is -0.868. The summed E-state index contributed by atoms with van der Waals surface area (Å²) in [5.74, 6) is 1.14. The molecule has 0 atom stereocenters. The average Bonchev–Trinajstić information content (AvgIpc) is 2.45. The molecule has 2 rings (SSSR count). The molecule has 1 aromatic carbocycles. The summed E-state index contributed by atoms with van der Waals surface area (Å²) >= 11 is 5.96. The second-order valence-electron chi connectivity index (χ2n) is 6.31. The number of halogens is 1. The Kier molecular flexibility index (Phi) is 5.21. The fraction of sp³-hybridized carbons (Fsp3) is 0.353. The minimum Gasteiger partial charge on any atom is -0.328 e. The number of quaternary nitrogens is 1. The minimum absolute atomic E-state index is 0.780. The second kappa shape index (κ2) is 6.92. The van der Waals surface area contributed by atoms with Crippen LogP contribution in [-0.2, 0) is 6.54 Å². The van der Waals surface area contributed by atoms with Crippen LogP contribution in [0.1, 0.15) is 5.56 Å². The monoisotopic (exact) mass is 305 g/mol. The Morgan fingerprint density at radius 2 is 1.76 bits per heavy atom. The molecule has 2 aromatic rings. The van der Waals surface area contributed by atoms with Gasteiger partial charge in [-0.05, 0) is 23.8 Å². The van der Waals surface area contributed by atoms with Crippen LogP contribution in [0.4, 0.5) is 5.82 Å². The highest BCUT2D eigenvalue weighted by Crippen LogP contribution is 2.15. The fourth-order valence-corrected chi connectivity index (χ4v) is 2.22. The second-order valence-corrected chi connectivity index (χ2v) is 6.75. The lowest BCUT2D eigenvalue weighted by Crippen LogP contribution is -2.43. The maximum Gasteiger partial charge on any atom is 0.274 e. The number of hydrogen-bond donors (Lipinski definition) is 0. The van der Waals surface area contributed by atoms with Crippen molar-refractivity contribution in [2.75, 3.05) is 39.1 Å². The van der Waals surface area contributed by atoms with E-state index >= 15 is 0 Å². The minimum atomic E-state index is 0.780. The van der Waals surface area contributed by atoms with Crippen molar-refractivity contribution in [2.45, 2.75) is 6.54 Å². The Bertz CT molecular complexity index is 546. The molecule has 21 heavy (non-hydrogen) atoms. The van der Waals surface area contributed by atoms with Crippen LogP contribution in [0.3, 0.4) is 0 Å². The highest BCUT2D eigenvalue weighted by atomic mass is 35.5. The highest BCUT2D eigenvalue weighted by molar-refractivity contribution is 6.30. The van der Waals surface area contributed by atoms with E-state index in [-0.39, 0.29) is 0 Å². The first-order chi connectivity index (χ1) is 9.94. The molecule has 0 aliphatic rings. The van der Waals surface area contributed by atoms with Crippen LogP contribution in [-0.4, -0.2) is 38.7 Å². The number of pyridine rings is 1. The first kappa shape index (κ1) is 15.8. The Balaban J connectivity index is 2.13. The number of rotatable bonds is 6. The molecule has 0 fully saturated rings. The van der Waals surface area contributed by atoms with E-state index in [9.17, 15) is 0 Å². The van der Waals surface area contributed by atoms with Gasteiger partial charge in [0.25, 0.3) is 5.82 Å². The summed E-state index contributed by atoms with van der Waals surface area (Å²) in [6, 6.07) is 14.3. The molecule has 112 valence electrons. The van der Waals surface area contributed by atoms with Crippen LogP contribution < -0.4 is 9.88 Å². The number of likely N-dealkylation sites (N-methyl/N-ethyl adjacent to an activating group) is 1. The lowest BCUT2D eigenvalue weighted by atomic mass is 10.2. The zero-order chi connectivity index (χ0) is 15.3. The largest absolute Gasteiger partial charge is 0.328 e. The van der Waals surface area contributed by atoms with E-state index in [1.54, 1.807) is 0 Å². The van der Waals surface area contributed by atoms with Crippen molar-refractivity contribution in [3.05, 3.63) is 59.2 Å². The summed E-state index contributed by atoms with van der Waals surface area (Å²) in [6.07, 6.45) is 1.97. The molecule has 0 aliphatic heterocycles. The Morgan fingerprint density at radius 1 is 1.05 bits per heavy atom. The van der Waals surface area contributed by atoms with E-state index in [4.69, 9.17) is 11.6 Å². The van der Waals surface area contributed by atoms with Crippen LogP contribution in [0.25, 0.3) is 0 Å². The van der Waals surface area contributed by atoms with Crippen molar-refractivity contribution >= 4 is 17.4 Å². The first-order valence-corrected chi connectivity index (χ1v) is 7.58. The molecule has 0 bridgehead atoms. The predicted molar refractivity (Wildman–Crippen MR) is 88.4 cm³/mol. The molecule has 1 heterocycles. The number of nitrogens with one attached hydrogen (secondary N) is 1.